The molecule has 160 valence electrons. The smallest absolute Gasteiger partial charge is 0.146 e. The van der Waals surface area contributed by atoms with E-state index < -0.39 is 0 Å². The molecular formula is C26H39FePS+2. The molecule has 10 radical (unpaired) electrons. The monoisotopic (exact) mass is 470 g/mol. The molecule has 0 aliphatic heterocycles. The molecule has 0 saturated heterocycles. The molecule has 0 aromatic carbocycles. The molecule has 0 aromatic rings. The fraction of sp³-hybridized carbons (Fsp3) is 0.615. The minimum atomic E-state index is 0. The molecular weight excluding hydrogens is 431 g/mol. The van der Waals surface area contributed by atoms with Gasteiger partial charge in [-0.1, -0.05) is 67.2 Å². The van der Waals surface area contributed by atoms with Gasteiger partial charge in [-0.05, 0) is 88.4 Å². The Morgan fingerprint density at radius 3 is 1.55 bits per heavy atom. The number of hydrogen-bond donors (Lipinski definition) is 0. The van der Waals surface area contributed by atoms with Crippen molar-refractivity contribution in [2.75, 3.05) is 0 Å². The normalized spacial score (nSPS) is 25.7. The van der Waals surface area contributed by atoms with E-state index in [0.717, 1.165) is 11.3 Å². The molecule has 0 amide bonds. The summed E-state index contributed by atoms with van der Waals surface area (Å²) in [6.45, 7) is 7.08. The van der Waals surface area contributed by atoms with Crippen LogP contribution in [0.5, 0.6) is 0 Å². The van der Waals surface area contributed by atoms with Crippen LogP contribution in [0.4, 0.5) is 0 Å². The van der Waals surface area contributed by atoms with Gasteiger partial charge in [0.1, 0.15) is 0 Å². The fourth-order valence-corrected chi connectivity index (χ4v) is 10.00. The van der Waals surface area contributed by atoms with Crippen LogP contribution >= 0.6 is 19.7 Å². The molecule has 0 spiro atoms. The Labute approximate surface area is 199 Å². The van der Waals surface area contributed by atoms with E-state index in [1.54, 1.807) is 10.9 Å². The van der Waals surface area contributed by atoms with Crippen LogP contribution in [-0.2, 0) is 17.1 Å². The van der Waals surface area contributed by atoms with Crippen molar-refractivity contribution in [2.24, 2.45) is 0 Å². The predicted octanol–water partition coefficient (Wildman–Crippen LogP) is 8.37. The van der Waals surface area contributed by atoms with Crippen molar-refractivity contribution in [2.45, 2.75) is 101 Å². The van der Waals surface area contributed by atoms with E-state index in [1.165, 1.54) is 64.2 Å². The molecule has 0 N–H and O–H groups in total. The minimum absolute atomic E-state index is 0. The molecule has 4 rings (SSSR count). The Hall–Kier alpha value is 1.30. The van der Waals surface area contributed by atoms with Gasteiger partial charge in [0.05, 0.1) is 0 Å². The first-order valence-corrected chi connectivity index (χ1v) is 13.7. The summed E-state index contributed by atoms with van der Waals surface area (Å²) in [5, 5.41) is 1.61. The summed E-state index contributed by atoms with van der Waals surface area (Å²) in [5.74, 6) is 0. The molecule has 29 heavy (non-hydrogen) atoms. The van der Waals surface area contributed by atoms with Crippen LogP contribution in [0.25, 0.3) is 0 Å². The minimum Gasteiger partial charge on any atom is -0.146 e. The molecule has 3 heteroatoms. The van der Waals surface area contributed by atoms with Gasteiger partial charge in [0.25, 0.3) is 0 Å². The zero-order valence-electron chi connectivity index (χ0n) is 18.6. The van der Waals surface area contributed by atoms with Crippen molar-refractivity contribution in [3.63, 3.8) is 0 Å². The maximum absolute atomic E-state index is 2.50. The molecule has 0 nitrogen and oxygen atoms in total. The van der Waals surface area contributed by atoms with E-state index in [9.17, 15) is 0 Å². The third-order valence-corrected chi connectivity index (χ3v) is 10.8. The topological polar surface area (TPSA) is 0 Å². The standard InChI is InChI=1S/C21H34PS.C5H5.Fe/c1-21(2,3)23-20-16-10-15-19(20)22(17-11-6-4-7-12-17)18-13-8-5-9-14-18;1-2-4-5-3-1;/h10,15-18H,4-9,11-14H2,1-3H3;1-5H;/q;;+2. The van der Waals surface area contributed by atoms with Crippen LogP contribution in [0.1, 0.15) is 85.0 Å². The average Bonchev–Trinajstić information content (AvgIpc) is 3.39. The molecule has 0 atom stereocenters. The first-order valence-electron chi connectivity index (χ1n) is 11.4. The molecule has 0 bridgehead atoms. The van der Waals surface area contributed by atoms with Crippen LogP contribution < -0.4 is 0 Å². The van der Waals surface area contributed by atoms with Crippen molar-refractivity contribution < 1.29 is 17.1 Å². The molecule has 4 saturated carbocycles. The van der Waals surface area contributed by atoms with Crippen molar-refractivity contribution in [3.05, 3.63) is 62.3 Å². The number of hydrogen-bond acceptors (Lipinski definition) is 1. The van der Waals surface area contributed by atoms with Gasteiger partial charge in [0.15, 0.2) is 0 Å². The molecule has 0 unspecified atom stereocenters. The summed E-state index contributed by atoms with van der Waals surface area (Å²) in [6, 6.07) is 0. The molecule has 4 fully saturated rings. The molecule has 4 aliphatic rings. The maximum atomic E-state index is 2.50. The third-order valence-electron chi connectivity index (χ3n) is 5.94. The Morgan fingerprint density at radius 2 is 1.14 bits per heavy atom. The van der Waals surface area contributed by atoms with E-state index >= 15 is 0 Å². The number of thioether (sulfide) groups is 1. The Morgan fingerprint density at radius 1 is 0.690 bits per heavy atom. The fourth-order valence-electron chi connectivity index (χ4n) is 4.75. The second-order valence-corrected chi connectivity index (χ2v) is 14.1. The average molecular weight is 470 g/mol. The summed E-state index contributed by atoms with van der Waals surface area (Å²) in [7, 11) is 0.0503. The van der Waals surface area contributed by atoms with Gasteiger partial charge in [-0.15, -0.1) is 11.8 Å². The second kappa shape index (κ2) is 13.8. The number of rotatable bonds is 4. The maximum Gasteiger partial charge on any atom is 2.00 e. The van der Waals surface area contributed by atoms with Gasteiger partial charge in [-0.2, -0.15) is 0 Å². The van der Waals surface area contributed by atoms with Gasteiger partial charge in [0, 0.05) is 15.7 Å². The Kier molecular flexibility index (Phi) is 12.6. The van der Waals surface area contributed by atoms with E-state index in [-0.39, 0.29) is 25.0 Å². The van der Waals surface area contributed by atoms with Crippen LogP contribution in [0, 0.1) is 62.3 Å². The van der Waals surface area contributed by atoms with Gasteiger partial charge in [0.2, 0.25) is 0 Å². The van der Waals surface area contributed by atoms with Gasteiger partial charge in [-0.3, -0.25) is 0 Å². The summed E-state index contributed by atoms with van der Waals surface area (Å²) < 4.78 is 0.323. The zero-order valence-corrected chi connectivity index (χ0v) is 21.4. The largest absolute Gasteiger partial charge is 2.00 e. The van der Waals surface area contributed by atoms with Crippen LogP contribution in [0.15, 0.2) is 0 Å². The van der Waals surface area contributed by atoms with E-state index in [4.69, 9.17) is 0 Å². The van der Waals surface area contributed by atoms with Crippen molar-refractivity contribution in [1.29, 1.82) is 0 Å². The molecule has 4 aliphatic carbocycles. The second-order valence-electron chi connectivity index (χ2n) is 9.44. The predicted molar refractivity (Wildman–Crippen MR) is 129 cm³/mol. The first-order chi connectivity index (χ1) is 13.5. The van der Waals surface area contributed by atoms with Crippen molar-refractivity contribution in [1.82, 2.24) is 0 Å². The summed E-state index contributed by atoms with van der Waals surface area (Å²) in [5.41, 5.74) is 3.81. The molecule has 0 heterocycles. The summed E-state index contributed by atoms with van der Waals surface area (Å²) in [6.07, 6.45) is 32.2. The van der Waals surface area contributed by atoms with Gasteiger partial charge >= 0.3 is 17.1 Å². The van der Waals surface area contributed by atoms with Crippen LogP contribution in [-0.4, -0.2) is 16.1 Å². The van der Waals surface area contributed by atoms with Crippen LogP contribution in [0.2, 0.25) is 0 Å². The SMILES string of the molecule is CC(C)(C)S[C]1[CH][CH][CH][C]1P(C1CCCCC1)C1CCCCC1.[CH]1[CH][CH][CH][CH]1.[Fe+2]. The van der Waals surface area contributed by atoms with E-state index in [1.807, 2.05) is 32.1 Å². The molecule has 0 aromatic heterocycles. The van der Waals surface area contributed by atoms with Crippen molar-refractivity contribution >= 4 is 19.7 Å². The zero-order chi connectivity index (χ0) is 19.8. The Bertz CT molecular complexity index is 393. The quantitative estimate of drug-likeness (QED) is 0.294. The first kappa shape index (κ1) is 26.6. The van der Waals surface area contributed by atoms with Crippen LogP contribution in [0.3, 0.4) is 0 Å². The Balaban J connectivity index is 0.000000437. The van der Waals surface area contributed by atoms with E-state index in [0.29, 0.717) is 4.75 Å². The van der Waals surface area contributed by atoms with Crippen molar-refractivity contribution in [3.8, 4) is 0 Å². The van der Waals surface area contributed by atoms with Gasteiger partial charge < -0.3 is 0 Å². The van der Waals surface area contributed by atoms with E-state index in [2.05, 4.69) is 51.8 Å². The summed E-state index contributed by atoms with van der Waals surface area (Å²) >= 11 is 2.11. The summed E-state index contributed by atoms with van der Waals surface area (Å²) in [4.78, 5) is 0. The van der Waals surface area contributed by atoms with Gasteiger partial charge in [-0.25, -0.2) is 0 Å². The third kappa shape index (κ3) is 8.98.